The van der Waals surface area contributed by atoms with Crippen LogP contribution in [0.5, 0.6) is 11.5 Å². The summed E-state index contributed by atoms with van der Waals surface area (Å²) in [6, 6.07) is 8.99. The van der Waals surface area contributed by atoms with Crippen molar-refractivity contribution in [3.8, 4) is 11.5 Å². The summed E-state index contributed by atoms with van der Waals surface area (Å²) in [6.45, 7) is 2.66. The van der Waals surface area contributed by atoms with E-state index in [1.54, 1.807) is 12.3 Å². The highest BCUT2D eigenvalue weighted by molar-refractivity contribution is 5.85. The maximum absolute atomic E-state index is 10.7. The van der Waals surface area contributed by atoms with Gasteiger partial charge >= 0.3 is 0 Å². The van der Waals surface area contributed by atoms with Crippen LogP contribution < -0.4 is 0 Å². The summed E-state index contributed by atoms with van der Waals surface area (Å²) in [5, 5.41) is 30.0. The van der Waals surface area contributed by atoms with Crippen molar-refractivity contribution >= 4 is 18.1 Å². The third-order valence-electron chi connectivity index (χ3n) is 3.22. The van der Waals surface area contributed by atoms with E-state index in [9.17, 15) is 20.3 Å². The lowest BCUT2D eigenvalue weighted by molar-refractivity contribution is -0.384. The van der Waals surface area contributed by atoms with Gasteiger partial charge < -0.3 is 10.2 Å². The lowest BCUT2D eigenvalue weighted by Crippen LogP contribution is -1.93. The average molecular weight is 327 g/mol. The Kier molecular flexibility index (Phi) is 5.62. The molecule has 0 unspecified atom stereocenters. The van der Waals surface area contributed by atoms with Crippen LogP contribution >= 0.6 is 0 Å². The highest BCUT2D eigenvalue weighted by Crippen LogP contribution is 2.21. The van der Waals surface area contributed by atoms with Gasteiger partial charge in [0, 0.05) is 35.7 Å². The highest BCUT2D eigenvalue weighted by atomic mass is 16.6. The van der Waals surface area contributed by atoms with Gasteiger partial charge in [0.1, 0.15) is 11.5 Å². The molecule has 0 amide bonds. The van der Waals surface area contributed by atoms with Crippen LogP contribution in [0.2, 0.25) is 0 Å². The van der Waals surface area contributed by atoms with Gasteiger partial charge in [-0.05, 0) is 25.1 Å². The molecular weight excluding hydrogens is 310 g/mol. The molecule has 2 rings (SSSR count). The van der Waals surface area contributed by atoms with Crippen molar-refractivity contribution in [2.45, 2.75) is 6.92 Å². The zero-order chi connectivity index (χ0) is 17.5. The van der Waals surface area contributed by atoms with Crippen LogP contribution in [0, 0.1) is 17.0 Å². The molecule has 0 bridgehead atoms. The Bertz CT molecular complexity index is 800. The average Bonchev–Trinajstić information content (AvgIpc) is 2.55. The number of hydrogen-bond acceptors (Lipinski definition) is 6. The predicted molar refractivity (Wildman–Crippen MR) is 92.5 cm³/mol. The summed E-state index contributed by atoms with van der Waals surface area (Å²) in [7, 11) is 0. The van der Waals surface area contributed by atoms with Crippen LogP contribution in [0.25, 0.3) is 0 Å². The quantitative estimate of drug-likeness (QED) is 0.368. The number of phenols is 2. The van der Waals surface area contributed by atoms with Crippen LogP contribution in [0.4, 0.5) is 5.69 Å². The Hall–Kier alpha value is -3.22. The van der Waals surface area contributed by atoms with E-state index in [1.807, 2.05) is 19.1 Å². The van der Waals surface area contributed by atoms with Crippen molar-refractivity contribution in [2.75, 3.05) is 13.1 Å². The molecule has 2 aromatic rings. The van der Waals surface area contributed by atoms with Crippen LogP contribution in [0.1, 0.15) is 16.7 Å². The Morgan fingerprint density at radius 1 is 1.00 bits per heavy atom. The molecule has 0 fully saturated rings. The molecule has 0 saturated carbocycles. The van der Waals surface area contributed by atoms with Crippen LogP contribution in [-0.2, 0) is 0 Å². The third-order valence-corrected chi connectivity index (χ3v) is 3.22. The van der Waals surface area contributed by atoms with E-state index in [2.05, 4.69) is 9.98 Å². The Labute approximate surface area is 138 Å². The Morgan fingerprint density at radius 2 is 1.54 bits per heavy atom. The first-order valence-corrected chi connectivity index (χ1v) is 7.24. The fourth-order valence-corrected chi connectivity index (χ4v) is 1.98. The van der Waals surface area contributed by atoms with E-state index in [0.29, 0.717) is 18.7 Å². The molecule has 0 aliphatic carbocycles. The minimum atomic E-state index is -0.532. The summed E-state index contributed by atoms with van der Waals surface area (Å²) < 4.78 is 0. The second-order valence-electron chi connectivity index (χ2n) is 5.13. The molecule has 0 spiro atoms. The molecule has 124 valence electrons. The van der Waals surface area contributed by atoms with Gasteiger partial charge in [0.2, 0.25) is 0 Å². The van der Waals surface area contributed by atoms with Gasteiger partial charge in [0.05, 0.1) is 18.0 Å². The number of rotatable bonds is 6. The number of aryl methyl sites for hydroxylation is 1. The first-order chi connectivity index (χ1) is 11.5. The van der Waals surface area contributed by atoms with E-state index in [1.165, 1.54) is 24.4 Å². The van der Waals surface area contributed by atoms with Gasteiger partial charge in [-0.3, -0.25) is 20.1 Å². The zero-order valence-electron chi connectivity index (χ0n) is 13.1. The SMILES string of the molecule is Cc1ccc(O)c(C=NCCN=Cc2cc([N+](=O)[O-])ccc2O)c1. The largest absolute Gasteiger partial charge is 0.507 e. The van der Waals surface area contributed by atoms with Gasteiger partial charge in [-0.1, -0.05) is 11.6 Å². The first kappa shape index (κ1) is 17.1. The molecule has 0 aliphatic rings. The number of nitro groups is 1. The van der Waals surface area contributed by atoms with Gasteiger partial charge in [-0.2, -0.15) is 0 Å². The monoisotopic (exact) mass is 327 g/mol. The summed E-state index contributed by atoms with van der Waals surface area (Å²) >= 11 is 0. The third kappa shape index (κ3) is 4.64. The maximum atomic E-state index is 10.7. The standard InChI is InChI=1S/C17H17N3O4/c1-12-2-4-16(21)13(8-12)10-18-6-7-19-11-14-9-15(20(23)24)3-5-17(14)22/h2-5,8-11,21-22H,6-7H2,1H3. The number of nitrogens with zero attached hydrogens (tertiary/aromatic N) is 3. The van der Waals surface area contributed by atoms with Gasteiger partial charge in [0.25, 0.3) is 5.69 Å². The maximum Gasteiger partial charge on any atom is 0.270 e. The van der Waals surface area contributed by atoms with E-state index in [0.717, 1.165) is 5.56 Å². The molecule has 24 heavy (non-hydrogen) atoms. The minimum Gasteiger partial charge on any atom is -0.507 e. The lowest BCUT2D eigenvalue weighted by Gasteiger charge is -2.00. The summed E-state index contributed by atoms with van der Waals surface area (Å²) in [4.78, 5) is 18.4. The Morgan fingerprint density at radius 3 is 2.12 bits per heavy atom. The molecule has 0 atom stereocenters. The van der Waals surface area contributed by atoms with Crippen molar-refractivity contribution in [1.82, 2.24) is 0 Å². The van der Waals surface area contributed by atoms with E-state index in [4.69, 9.17) is 0 Å². The lowest BCUT2D eigenvalue weighted by atomic mass is 10.1. The summed E-state index contributed by atoms with van der Waals surface area (Å²) in [5.41, 5.74) is 1.83. The molecule has 2 aromatic carbocycles. The zero-order valence-corrected chi connectivity index (χ0v) is 13.1. The smallest absolute Gasteiger partial charge is 0.270 e. The number of aliphatic imine (C=N–C) groups is 2. The second kappa shape index (κ2) is 7.87. The van der Waals surface area contributed by atoms with Crippen molar-refractivity contribution in [1.29, 1.82) is 0 Å². The molecule has 0 aromatic heterocycles. The van der Waals surface area contributed by atoms with E-state index < -0.39 is 4.92 Å². The highest BCUT2D eigenvalue weighted by Gasteiger charge is 2.08. The van der Waals surface area contributed by atoms with Gasteiger partial charge in [-0.15, -0.1) is 0 Å². The molecule has 7 nitrogen and oxygen atoms in total. The van der Waals surface area contributed by atoms with Crippen LogP contribution in [-0.4, -0.2) is 40.7 Å². The first-order valence-electron chi connectivity index (χ1n) is 7.24. The fraction of sp³-hybridized carbons (Fsp3) is 0.176. The number of non-ortho nitro benzene ring substituents is 1. The van der Waals surface area contributed by atoms with Crippen molar-refractivity contribution < 1.29 is 15.1 Å². The fourth-order valence-electron chi connectivity index (χ4n) is 1.98. The normalized spacial score (nSPS) is 11.4. The van der Waals surface area contributed by atoms with E-state index in [-0.39, 0.29) is 22.7 Å². The molecule has 0 aliphatic heterocycles. The number of aromatic hydroxyl groups is 2. The van der Waals surface area contributed by atoms with Crippen molar-refractivity contribution in [2.24, 2.45) is 9.98 Å². The number of nitro benzene ring substituents is 1. The van der Waals surface area contributed by atoms with Crippen molar-refractivity contribution in [3.63, 3.8) is 0 Å². The molecule has 7 heteroatoms. The molecular formula is C17H17N3O4. The topological polar surface area (TPSA) is 108 Å². The van der Waals surface area contributed by atoms with Crippen LogP contribution in [0.15, 0.2) is 46.4 Å². The molecule has 0 radical (unpaired) electrons. The van der Waals surface area contributed by atoms with Gasteiger partial charge in [0.15, 0.2) is 0 Å². The molecule has 2 N–H and O–H groups in total. The number of hydrogen-bond donors (Lipinski definition) is 2. The van der Waals surface area contributed by atoms with E-state index >= 15 is 0 Å². The Balaban J connectivity index is 1.93. The van der Waals surface area contributed by atoms with Crippen molar-refractivity contribution in [3.05, 3.63) is 63.2 Å². The molecule has 0 saturated heterocycles. The summed E-state index contributed by atoms with van der Waals surface area (Å²) in [5.74, 6) is 0.0897. The predicted octanol–water partition coefficient (Wildman–Crippen LogP) is 2.85. The minimum absolute atomic E-state index is 0.0717. The second-order valence-corrected chi connectivity index (χ2v) is 5.13. The molecule has 0 heterocycles. The number of phenolic OH excluding ortho intramolecular Hbond substituents is 2. The number of benzene rings is 2. The van der Waals surface area contributed by atoms with Crippen LogP contribution in [0.3, 0.4) is 0 Å². The van der Waals surface area contributed by atoms with Gasteiger partial charge in [-0.25, -0.2) is 0 Å². The summed E-state index contributed by atoms with van der Waals surface area (Å²) in [6.07, 6.45) is 2.95.